The molecule has 1 aromatic heterocycles. The molecule has 0 amide bonds. The Hall–Kier alpha value is -1.19. The molecule has 3 atom stereocenters. The summed E-state index contributed by atoms with van der Waals surface area (Å²) in [5.74, 6) is -0.263. The smallest absolute Gasteiger partial charge is 0.400 e. The van der Waals surface area contributed by atoms with Gasteiger partial charge in [0.15, 0.2) is 0 Å². The average Bonchev–Trinajstić information content (AvgIpc) is 3.03. The molecule has 1 saturated carbocycles. The third-order valence-corrected chi connectivity index (χ3v) is 7.28. The minimum absolute atomic E-state index is 0.267. The van der Waals surface area contributed by atoms with Gasteiger partial charge < -0.3 is 9.47 Å². The minimum Gasteiger partial charge on any atom is -0.400 e. The predicted molar refractivity (Wildman–Crippen MR) is 85.3 cm³/mol. The Morgan fingerprint density at radius 2 is 1.96 bits per heavy atom. The van der Waals surface area contributed by atoms with Crippen molar-refractivity contribution in [3.05, 3.63) is 5.69 Å². The summed E-state index contributed by atoms with van der Waals surface area (Å²) >= 11 is 3.09. The van der Waals surface area contributed by atoms with E-state index in [1.807, 2.05) is 16.7 Å². The normalized spacial score (nSPS) is 33.8. The van der Waals surface area contributed by atoms with E-state index in [1.54, 1.807) is 0 Å². The molecule has 0 radical (unpaired) electrons. The minimum atomic E-state index is -1.18. The molecule has 2 bridgehead atoms. The molecular formula is C15H17N3O4S2. The molecule has 0 aromatic carbocycles. The van der Waals surface area contributed by atoms with E-state index in [9.17, 15) is 9.59 Å². The van der Waals surface area contributed by atoms with E-state index in [0.29, 0.717) is 18.9 Å². The third-order valence-electron chi connectivity index (χ3n) is 5.41. The fourth-order valence-electron chi connectivity index (χ4n) is 3.90. The van der Waals surface area contributed by atoms with Gasteiger partial charge in [-0.3, -0.25) is 0 Å². The van der Waals surface area contributed by atoms with Crippen LogP contribution in [0, 0.1) is 11.8 Å². The first-order valence-electron chi connectivity index (χ1n) is 8.31. The van der Waals surface area contributed by atoms with Crippen LogP contribution in [0.1, 0.15) is 37.3 Å². The number of esters is 2. The fraction of sp³-hybridized carbons (Fsp3) is 0.733. The van der Waals surface area contributed by atoms with Crippen LogP contribution in [-0.2, 0) is 19.1 Å². The van der Waals surface area contributed by atoms with Gasteiger partial charge in [-0.15, -0.1) is 11.8 Å². The van der Waals surface area contributed by atoms with Crippen LogP contribution in [0.4, 0.5) is 0 Å². The Bertz CT molecular complexity index is 689. The highest BCUT2D eigenvalue weighted by atomic mass is 32.2. The van der Waals surface area contributed by atoms with Crippen molar-refractivity contribution in [3.8, 4) is 0 Å². The number of fused-ring (bicyclic) bond motifs is 3. The molecule has 5 rings (SSSR count). The largest absolute Gasteiger partial charge is 0.421 e. The average molecular weight is 367 g/mol. The maximum atomic E-state index is 11.5. The lowest BCUT2D eigenvalue weighted by molar-refractivity contribution is -0.257. The van der Waals surface area contributed by atoms with Crippen molar-refractivity contribution < 1.29 is 19.1 Å². The van der Waals surface area contributed by atoms with Crippen LogP contribution < -0.4 is 0 Å². The first kappa shape index (κ1) is 15.1. The molecule has 3 aliphatic heterocycles. The molecule has 24 heavy (non-hydrogen) atoms. The van der Waals surface area contributed by atoms with Gasteiger partial charge in [0.2, 0.25) is 0 Å². The molecule has 4 heterocycles. The van der Waals surface area contributed by atoms with Gasteiger partial charge in [0, 0.05) is 31.2 Å². The van der Waals surface area contributed by atoms with E-state index in [2.05, 4.69) is 8.75 Å². The summed E-state index contributed by atoms with van der Waals surface area (Å²) in [5, 5.41) is 1.06. The van der Waals surface area contributed by atoms with Crippen LogP contribution in [0.5, 0.6) is 0 Å². The molecule has 128 valence electrons. The number of aromatic nitrogens is 2. The highest BCUT2D eigenvalue weighted by Crippen LogP contribution is 2.49. The van der Waals surface area contributed by atoms with Gasteiger partial charge in [-0.25, -0.2) is 14.5 Å². The quantitative estimate of drug-likeness (QED) is 0.451. The zero-order valence-corrected chi connectivity index (χ0v) is 14.6. The van der Waals surface area contributed by atoms with Crippen LogP contribution in [0.2, 0.25) is 0 Å². The first-order chi connectivity index (χ1) is 11.6. The Morgan fingerprint density at radius 3 is 2.71 bits per heavy atom. The molecule has 4 fully saturated rings. The molecule has 4 aliphatic rings. The number of hydrogen-bond acceptors (Lipinski definition) is 9. The highest BCUT2D eigenvalue weighted by Gasteiger charge is 2.59. The lowest BCUT2D eigenvalue weighted by atomic mass is 9.88. The Labute approximate surface area is 147 Å². The number of ether oxygens (including phenoxy) is 2. The lowest BCUT2D eigenvalue weighted by Crippen LogP contribution is -2.51. The van der Waals surface area contributed by atoms with E-state index in [-0.39, 0.29) is 5.92 Å². The summed E-state index contributed by atoms with van der Waals surface area (Å²) < 4.78 is 19.6. The lowest BCUT2D eigenvalue weighted by Gasteiger charge is -2.37. The van der Waals surface area contributed by atoms with Gasteiger partial charge in [-0.05, 0) is 31.1 Å². The SMILES string of the molecule is O=C1OC2(CCC3CN2CC3c2nsnc2SCC2CC2)OC1=O. The predicted octanol–water partition coefficient (Wildman–Crippen LogP) is 1.60. The Morgan fingerprint density at radius 1 is 1.17 bits per heavy atom. The van der Waals surface area contributed by atoms with E-state index < -0.39 is 17.8 Å². The number of rotatable bonds is 4. The summed E-state index contributed by atoms with van der Waals surface area (Å²) in [5.41, 5.74) is 1.07. The summed E-state index contributed by atoms with van der Waals surface area (Å²) in [6.07, 6.45) is 4.05. The number of carbonyl (C=O) groups excluding carboxylic acids is 2. The molecule has 3 saturated heterocycles. The van der Waals surface area contributed by atoms with Gasteiger partial charge >= 0.3 is 17.8 Å². The van der Waals surface area contributed by atoms with Gasteiger partial charge in [-0.2, -0.15) is 8.75 Å². The topological polar surface area (TPSA) is 81.6 Å². The number of thioether (sulfide) groups is 1. The second-order valence-corrected chi connectivity index (χ2v) is 8.55. The molecule has 9 heteroatoms. The molecule has 1 spiro atoms. The van der Waals surface area contributed by atoms with E-state index in [0.717, 1.165) is 35.4 Å². The summed E-state index contributed by atoms with van der Waals surface area (Å²) in [6.45, 7) is 1.45. The van der Waals surface area contributed by atoms with Crippen LogP contribution in [0.3, 0.4) is 0 Å². The van der Waals surface area contributed by atoms with Gasteiger partial charge in [0.25, 0.3) is 0 Å². The zero-order valence-electron chi connectivity index (χ0n) is 13.0. The van der Waals surface area contributed by atoms with Crippen molar-refractivity contribution in [3.63, 3.8) is 0 Å². The molecular weight excluding hydrogens is 350 g/mol. The maximum absolute atomic E-state index is 11.5. The van der Waals surface area contributed by atoms with Crippen LogP contribution in [0.25, 0.3) is 0 Å². The first-order valence-corrected chi connectivity index (χ1v) is 10.0. The molecule has 1 aliphatic carbocycles. The van der Waals surface area contributed by atoms with Gasteiger partial charge in [-0.1, -0.05) is 0 Å². The van der Waals surface area contributed by atoms with Crippen molar-refractivity contribution in [2.75, 3.05) is 18.8 Å². The standard InChI is InChI=1S/C15H17N3O4S2/c19-13-14(20)22-15(21-13)4-3-9-5-18(15)6-10(9)11-12(17-24-16-11)23-7-8-1-2-8/h8-10H,1-7H2. The van der Waals surface area contributed by atoms with Crippen molar-refractivity contribution in [2.24, 2.45) is 11.8 Å². The zero-order chi connectivity index (χ0) is 16.3. The molecule has 1 aromatic rings. The summed E-state index contributed by atoms with van der Waals surface area (Å²) in [4.78, 5) is 25.0. The number of piperidine rings is 1. The number of carbonyl (C=O) groups is 2. The number of nitrogens with zero attached hydrogens (tertiary/aromatic N) is 3. The van der Waals surface area contributed by atoms with Gasteiger partial charge in [0.1, 0.15) is 5.03 Å². The van der Waals surface area contributed by atoms with Crippen molar-refractivity contribution in [1.82, 2.24) is 13.6 Å². The van der Waals surface area contributed by atoms with Crippen LogP contribution in [0.15, 0.2) is 5.03 Å². The van der Waals surface area contributed by atoms with E-state index >= 15 is 0 Å². The van der Waals surface area contributed by atoms with Crippen LogP contribution >= 0.6 is 23.5 Å². The maximum Gasteiger partial charge on any atom is 0.421 e. The van der Waals surface area contributed by atoms with Crippen LogP contribution in [-0.4, -0.2) is 50.3 Å². The second-order valence-electron chi connectivity index (χ2n) is 7.01. The summed E-state index contributed by atoms with van der Waals surface area (Å²) in [7, 11) is 0. The van der Waals surface area contributed by atoms with E-state index in [4.69, 9.17) is 9.47 Å². The Kier molecular flexibility index (Phi) is 3.40. The molecule has 3 unspecified atom stereocenters. The van der Waals surface area contributed by atoms with Gasteiger partial charge in [0.05, 0.1) is 17.4 Å². The monoisotopic (exact) mass is 367 g/mol. The van der Waals surface area contributed by atoms with Crippen molar-refractivity contribution in [1.29, 1.82) is 0 Å². The summed E-state index contributed by atoms with van der Waals surface area (Å²) in [6, 6.07) is 0. The molecule has 7 nitrogen and oxygen atoms in total. The second kappa shape index (κ2) is 5.40. The van der Waals surface area contributed by atoms with Crippen molar-refractivity contribution >= 4 is 35.4 Å². The third kappa shape index (κ3) is 2.36. The molecule has 0 N–H and O–H groups in total. The fourth-order valence-corrected chi connectivity index (χ4v) is 5.86. The van der Waals surface area contributed by atoms with E-state index in [1.165, 1.54) is 24.6 Å². The number of hydrogen-bond donors (Lipinski definition) is 0. The highest BCUT2D eigenvalue weighted by molar-refractivity contribution is 7.99. The Balaban J connectivity index is 1.36. The van der Waals surface area contributed by atoms with Crippen molar-refractivity contribution in [2.45, 2.75) is 42.5 Å².